The lowest BCUT2D eigenvalue weighted by Crippen LogP contribution is -2.15. The van der Waals surface area contributed by atoms with E-state index in [1.807, 2.05) is 32.0 Å². The molecule has 1 amide bonds. The van der Waals surface area contributed by atoms with Crippen LogP contribution in [-0.4, -0.2) is 19.6 Å². The zero-order valence-electron chi connectivity index (χ0n) is 15.3. The van der Waals surface area contributed by atoms with Crippen molar-refractivity contribution in [3.8, 4) is 11.5 Å². The summed E-state index contributed by atoms with van der Waals surface area (Å²) in [7, 11) is 1.56. The quantitative estimate of drug-likeness (QED) is 0.685. The van der Waals surface area contributed by atoms with Crippen LogP contribution < -0.4 is 14.8 Å². The van der Waals surface area contributed by atoms with Crippen LogP contribution in [0.2, 0.25) is 0 Å². The fourth-order valence-corrected chi connectivity index (χ4v) is 3.22. The van der Waals surface area contributed by atoms with Crippen LogP contribution in [0, 0.1) is 6.92 Å². The second kappa shape index (κ2) is 8.39. The van der Waals surface area contributed by atoms with Gasteiger partial charge in [0.1, 0.15) is 0 Å². The maximum Gasteiger partial charge on any atom is 0.255 e. The molecular weight excluding hydrogens is 382 g/mol. The summed E-state index contributed by atoms with van der Waals surface area (Å²) in [4.78, 5) is 12.8. The molecule has 2 aromatic rings. The highest BCUT2D eigenvalue weighted by molar-refractivity contribution is 9.10. The summed E-state index contributed by atoms with van der Waals surface area (Å²) >= 11 is 3.46. The van der Waals surface area contributed by atoms with Crippen molar-refractivity contribution in [3.63, 3.8) is 0 Å². The van der Waals surface area contributed by atoms with Crippen molar-refractivity contribution in [1.82, 2.24) is 0 Å². The van der Waals surface area contributed by atoms with Gasteiger partial charge in [0.2, 0.25) is 0 Å². The van der Waals surface area contributed by atoms with Gasteiger partial charge < -0.3 is 14.8 Å². The standard InChI is InChI=1S/C20H24BrNO3/c1-6-25-19-16(21)10-14(11-17(19)24-5)20(23)22-18-13(4)8-7-9-15(18)12(2)3/h7-12H,6H2,1-5H3,(H,22,23). The Bertz CT molecular complexity index is 772. The first-order valence-corrected chi connectivity index (χ1v) is 9.09. The van der Waals surface area contributed by atoms with Gasteiger partial charge in [0.25, 0.3) is 5.91 Å². The lowest BCUT2D eigenvalue weighted by atomic mass is 9.98. The molecule has 0 aliphatic carbocycles. The Morgan fingerprint density at radius 2 is 2.00 bits per heavy atom. The number of carbonyl (C=O) groups excluding carboxylic acids is 1. The number of rotatable bonds is 6. The second-order valence-corrected chi connectivity index (χ2v) is 6.92. The van der Waals surface area contributed by atoms with Gasteiger partial charge in [-0.25, -0.2) is 0 Å². The number of aryl methyl sites for hydroxylation is 1. The topological polar surface area (TPSA) is 47.6 Å². The van der Waals surface area contributed by atoms with E-state index in [1.165, 1.54) is 0 Å². The smallest absolute Gasteiger partial charge is 0.255 e. The predicted molar refractivity (Wildman–Crippen MR) is 105 cm³/mol. The minimum Gasteiger partial charge on any atom is -0.493 e. The summed E-state index contributed by atoms with van der Waals surface area (Å²) in [6.07, 6.45) is 0. The van der Waals surface area contributed by atoms with Gasteiger partial charge in [0.05, 0.1) is 18.2 Å². The molecule has 5 heteroatoms. The molecule has 0 saturated carbocycles. The molecule has 0 aliphatic heterocycles. The lowest BCUT2D eigenvalue weighted by molar-refractivity contribution is 0.102. The highest BCUT2D eigenvalue weighted by Gasteiger charge is 2.17. The summed E-state index contributed by atoms with van der Waals surface area (Å²) in [6, 6.07) is 9.49. The van der Waals surface area contributed by atoms with Crippen molar-refractivity contribution in [2.75, 3.05) is 19.0 Å². The number of methoxy groups -OCH3 is 1. The summed E-state index contributed by atoms with van der Waals surface area (Å²) in [5.74, 6) is 1.26. The van der Waals surface area contributed by atoms with Crippen molar-refractivity contribution in [2.24, 2.45) is 0 Å². The molecule has 0 aliphatic rings. The Morgan fingerprint density at radius 1 is 1.28 bits per heavy atom. The van der Waals surface area contributed by atoms with E-state index in [2.05, 4.69) is 35.1 Å². The minimum absolute atomic E-state index is 0.182. The SMILES string of the molecule is CCOc1c(Br)cc(C(=O)Nc2c(C)cccc2C(C)C)cc1OC. The van der Waals surface area contributed by atoms with Gasteiger partial charge in [0, 0.05) is 11.3 Å². The number of carbonyl (C=O) groups is 1. The van der Waals surface area contributed by atoms with Crippen LogP contribution in [0.3, 0.4) is 0 Å². The van der Waals surface area contributed by atoms with Gasteiger partial charge in [-0.3, -0.25) is 4.79 Å². The zero-order valence-corrected chi connectivity index (χ0v) is 16.9. The third-order valence-electron chi connectivity index (χ3n) is 3.95. The van der Waals surface area contributed by atoms with E-state index in [0.29, 0.717) is 34.1 Å². The largest absolute Gasteiger partial charge is 0.493 e. The number of amides is 1. The average Bonchev–Trinajstić information content (AvgIpc) is 2.57. The van der Waals surface area contributed by atoms with E-state index in [1.54, 1.807) is 19.2 Å². The molecule has 2 aromatic carbocycles. The Hall–Kier alpha value is -2.01. The van der Waals surface area contributed by atoms with Crippen molar-refractivity contribution in [1.29, 1.82) is 0 Å². The molecule has 134 valence electrons. The molecule has 0 saturated heterocycles. The molecule has 0 spiro atoms. The van der Waals surface area contributed by atoms with E-state index >= 15 is 0 Å². The van der Waals surface area contributed by atoms with Crippen molar-refractivity contribution in [3.05, 3.63) is 51.5 Å². The number of hydrogen-bond donors (Lipinski definition) is 1. The summed E-state index contributed by atoms with van der Waals surface area (Å²) < 4.78 is 11.6. The van der Waals surface area contributed by atoms with Crippen LogP contribution >= 0.6 is 15.9 Å². The first-order valence-electron chi connectivity index (χ1n) is 8.30. The molecule has 2 rings (SSSR count). The van der Waals surface area contributed by atoms with Crippen molar-refractivity contribution in [2.45, 2.75) is 33.6 Å². The number of benzene rings is 2. The van der Waals surface area contributed by atoms with Crippen LogP contribution in [-0.2, 0) is 0 Å². The fourth-order valence-electron chi connectivity index (χ4n) is 2.66. The third kappa shape index (κ3) is 4.34. The van der Waals surface area contributed by atoms with Gasteiger partial charge in [0.15, 0.2) is 11.5 Å². The molecule has 0 atom stereocenters. The number of halogens is 1. The summed E-state index contributed by atoms with van der Waals surface area (Å²) in [5.41, 5.74) is 3.53. The zero-order chi connectivity index (χ0) is 18.6. The number of para-hydroxylation sites is 1. The normalized spacial score (nSPS) is 10.7. The fraction of sp³-hybridized carbons (Fsp3) is 0.350. The minimum atomic E-state index is -0.182. The molecule has 0 fully saturated rings. The van der Waals surface area contributed by atoms with Gasteiger partial charge in [-0.15, -0.1) is 0 Å². The van der Waals surface area contributed by atoms with E-state index in [0.717, 1.165) is 16.8 Å². The van der Waals surface area contributed by atoms with E-state index in [-0.39, 0.29) is 5.91 Å². The lowest BCUT2D eigenvalue weighted by Gasteiger charge is -2.17. The van der Waals surface area contributed by atoms with Crippen LogP contribution in [0.15, 0.2) is 34.8 Å². The number of hydrogen-bond acceptors (Lipinski definition) is 3. The second-order valence-electron chi connectivity index (χ2n) is 6.07. The average molecular weight is 406 g/mol. The van der Waals surface area contributed by atoms with E-state index in [9.17, 15) is 4.79 Å². The first kappa shape index (κ1) is 19.3. The van der Waals surface area contributed by atoms with Crippen molar-refractivity contribution >= 4 is 27.5 Å². The van der Waals surface area contributed by atoms with Crippen LogP contribution in [0.1, 0.15) is 48.2 Å². The van der Waals surface area contributed by atoms with Crippen LogP contribution in [0.4, 0.5) is 5.69 Å². The van der Waals surface area contributed by atoms with Crippen LogP contribution in [0.5, 0.6) is 11.5 Å². The molecule has 0 heterocycles. The van der Waals surface area contributed by atoms with Crippen molar-refractivity contribution < 1.29 is 14.3 Å². The highest BCUT2D eigenvalue weighted by atomic mass is 79.9. The van der Waals surface area contributed by atoms with Gasteiger partial charge in [-0.1, -0.05) is 32.0 Å². The number of ether oxygens (including phenoxy) is 2. The number of nitrogens with one attached hydrogen (secondary N) is 1. The third-order valence-corrected chi connectivity index (χ3v) is 4.53. The Labute approximate surface area is 157 Å². The maximum atomic E-state index is 12.8. The predicted octanol–water partition coefficient (Wildman–Crippen LogP) is 5.54. The molecular formula is C20H24BrNO3. The summed E-state index contributed by atoms with van der Waals surface area (Å²) in [6.45, 7) is 8.64. The number of anilines is 1. The molecule has 0 radical (unpaired) electrons. The maximum absolute atomic E-state index is 12.8. The Kier molecular flexibility index (Phi) is 6.48. The Morgan fingerprint density at radius 3 is 2.60 bits per heavy atom. The van der Waals surface area contributed by atoms with Crippen LogP contribution in [0.25, 0.3) is 0 Å². The van der Waals surface area contributed by atoms with Gasteiger partial charge in [-0.05, 0) is 59.0 Å². The summed E-state index contributed by atoms with van der Waals surface area (Å²) in [5, 5.41) is 3.05. The molecule has 4 nitrogen and oxygen atoms in total. The molecule has 25 heavy (non-hydrogen) atoms. The van der Waals surface area contributed by atoms with Gasteiger partial charge in [-0.2, -0.15) is 0 Å². The van der Waals surface area contributed by atoms with Gasteiger partial charge >= 0.3 is 0 Å². The molecule has 0 bridgehead atoms. The van der Waals surface area contributed by atoms with E-state index < -0.39 is 0 Å². The molecule has 0 aromatic heterocycles. The van der Waals surface area contributed by atoms with E-state index in [4.69, 9.17) is 9.47 Å². The molecule has 1 N–H and O–H groups in total. The Balaban J connectivity index is 2.38. The first-order chi connectivity index (χ1) is 11.9. The monoisotopic (exact) mass is 405 g/mol. The highest BCUT2D eigenvalue weighted by Crippen LogP contribution is 2.37. The molecule has 0 unspecified atom stereocenters.